The Hall–Kier alpha value is -1.91. The van der Waals surface area contributed by atoms with Gasteiger partial charge in [0.2, 0.25) is 5.91 Å². The van der Waals surface area contributed by atoms with Gasteiger partial charge < -0.3 is 10.6 Å². The highest BCUT2D eigenvalue weighted by Crippen LogP contribution is 2.61. The lowest BCUT2D eigenvalue weighted by molar-refractivity contribution is -0.149. The first-order valence-electron chi connectivity index (χ1n) is 8.92. The molecular formula is C19H25N3O2. The molecule has 2 N–H and O–H groups in total. The molecule has 0 spiro atoms. The van der Waals surface area contributed by atoms with E-state index in [-0.39, 0.29) is 22.8 Å². The van der Waals surface area contributed by atoms with E-state index in [2.05, 4.69) is 15.6 Å². The first kappa shape index (κ1) is 15.6. The molecule has 4 fully saturated rings. The number of rotatable bonds is 3. The Bertz CT molecular complexity index is 686. The number of carbonyl (C=O) groups excluding carboxylic acids is 2. The zero-order chi connectivity index (χ0) is 16.9. The maximum absolute atomic E-state index is 12.8. The minimum absolute atomic E-state index is 0.104. The number of hydrogen-bond donors (Lipinski definition) is 2. The molecule has 5 rings (SSSR count). The fraction of sp³-hybridized carbons (Fsp3) is 0.632. The van der Waals surface area contributed by atoms with Crippen molar-refractivity contribution in [1.82, 2.24) is 15.6 Å². The van der Waals surface area contributed by atoms with E-state index in [1.807, 2.05) is 19.1 Å². The molecule has 1 aromatic heterocycles. The van der Waals surface area contributed by atoms with Crippen molar-refractivity contribution in [1.29, 1.82) is 0 Å². The van der Waals surface area contributed by atoms with Crippen molar-refractivity contribution in [3.05, 3.63) is 29.6 Å². The Labute approximate surface area is 142 Å². The average Bonchev–Trinajstić information content (AvgIpc) is 2.52. The van der Waals surface area contributed by atoms with Crippen LogP contribution in [0, 0.1) is 24.2 Å². The number of pyridine rings is 1. The van der Waals surface area contributed by atoms with Crippen molar-refractivity contribution < 1.29 is 9.59 Å². The van der Waals surface area contributed by atoms with Crippen molar-refractivity contribution in [2.24, 2.45) is 17.3 Å². The van der Waals surface area contributed by atoms with Crippen LogP contribution < -0.4 is 10.6 Å². The summed E-state index contributed by atoms with van der Waals surface area (Å²) in [5.74, 6) is 1.15. The van der Waals surface area contributed by atoms with Crippen molar-refractivity contribution in [2.45, 2.75) is 51.0 Å². The minimum Gasteiger partial charge on any atom is -0.359 e. The SMILES string of the molecule is CNC(=O)C12CC3CC(CC(NC(=O)c4cccc(C)n4)(C3)C1)C2. The lowest BCUT2D eigenvalue weighted by atomic mass is 9.46. The van der Waals surface area contributed by atoms with Crippen molar-refractivity contribution in [3.8, 4) is 0 Å². The molecule has 0 radical (unpaired) electrons. The Balaban J connectivity index is 1.61. The van der Waals surface area contributed by atoms with Crippen LogP contribution in [0.4, 0.5) is 0 Å². The monoisotopic (exact) mass is 327 g/mol. The van der Waals surface area contributed by atoms with Crippen LogP contribution in [-0.2, 0) is 4.79 Å². The summed E-state index contributed by atoms with van der Waals surface area (Å²) in [6.45, 7) is 1.89. The van der Waals surface area contributed by atoms with Gasteiger partial charge in [-0.3, -0.25) is 9.59 Å². The number of nitrogens with zero attached hydrogens (tertiary/aromatic N) is 1. The third-order valence-corrected chi connectivity index (χ3v) is 6.27. The van der Waals surface area contributed by atoms with Crippen LogP contribution in [0.2, 0.25) is 0 Å². The van der Waals surface area contributed by atoms with E-state index in [1.165, 1.54) is 6.42 Å². The van der Waals surface area contributed by atoms with Crippen LogP contribution in [0.3, 0.4) is 0 Å². The summed E-state index contributed by atoms with van der Waals surface area (Å²) in [7, 11) is 1.73. The maximum atomic E-state index is 12.8. The first-order valence-corrected chi connectivity index (χ1v) is 8.92. The average molecular weight is 327 g/mol. The van der Waals surface area contributed by atoms with Crippen molar-refractivity contribution in [2.75, 3.05) is 7.05 Å². The zero-order valence-corrected chi connectivity index (χ0v) is 14.4. The van der Waals surface area contributed by atoms with Gasteiger partial charge in [0, 0.05) is 18.3 Å². The molecular weight excluding hydrogens is 302 g/mol. The molecule has 0 aliphatic heterocycles. The van der Waals surface area contributed by atoms with E-state index < -0.39 is 0 Å². The molecule has 4 aliphatic carbocycles. The quantitative estimate of drug-likeness (QED) is 0.894. The Morgan fingerprint density at radius 1 is 1.17 bits per heavy atom. The summed E-state index contributed by atoms with van der Waals surface area (Å²) >= 11 is 0. The Morgan fingerprint density at radius 3 is 2.50 bits per heavy atom. The summed E-state index contributed by atoms with van der Waals surface area (Å²) in [4.78, 5) is 29.7. The number of carbonyl (C=O) groups is 2. The lowest BCUT2D eigenvalue weighted by Crippen LogP contribution is -2.65. The van der Waals surface area contributed by atoms with Crippen LogP contribution in [0.25, 0.3) is 0 Å². The van der Waals surface area contributed by atoms with Crippen molar-refractivity contribution in [3.63, 3.8) is 0 Å². The summed E-state index contributed by atoms with van der Waals surface area (Å²) in [5, 5.41) is 6.16. The third-order valence-electron chi connectivity index (χ3n) is 6.27. The van der Waals surface area contributed by atoms with Crippen LogP contribution >= 0.6 is 0 Å². The molecule has 2 atom stereocenters. The van der Waals surface area contributed by atoms with E-state index in [0.717, 1.165) is 37.8 Å². The molecule has 24 heavy (non-hydrogen) atoms. The first-order chi connectivity index (χ1) is 11.4. The van der Waals surface area contributed by atoms with E-state index in [1.54, 1.807) is 13.1 Å². The normalized spacial score (nSPS) is 36.4. The van der Waals surface area contributed by atoms with Gasteiger partial charge in [-0.05, 0) is 69.4 Å². The number of hydrogen-bond acceptors (Lipinski definition) is 3. The highest BCUT2D eigenvalue weighted by Gasteiger charge is 2.60. The summed E-state index contributed by atoms with van der Waals surface area (Å²) in [6, 6.07) is 5.52. The Morgan fingerprint density at radius 2 is 1.88 bits per heavy atom. The highest BCUT2D eigenvalue weighted by atomic mass is 16.2. The molecule has 2 unspecified atom stereocenters. The van der Waals surface area contributed by atoms with Gasteiger partial charge in [-0.25, -0.2) is 4.98 Å². The molecule has 0 saturated heterocycles. The number of nitrogens with one attached hydrogen (secondary N) is 2. The third kappa shape index (κ3) is 2.41. The predicted octanol–water partition coefficient (Wildman–Crippen LogP) is 2.20. The largest absolute Gasteiger partial charge is 0.359 e. The number of amides is 2. The molecule has 1 heterocycles. The van der Waals surface area contributed by atoms with Gasteiger partial charge in [0.05, 0.1) is 5.41 Å². The summed E-state index contributed by atoms with van der Waals surface area (Å²) in [5.41, 5.74) is 0.792. The zero-order valence-electron chi connectivity index (χ0n) is 14.4. The molecule has 4 bridgehead atoms. The topological polar surface area (TPSA) is 71.1 Å². The number of aryl methyl sites for hydroxylation is 1. The van der Waals surface area contributed by atoms with Gasteiger partial charge >= 0.3 is 0 Å². The molecule has 0 aromatic carbocycles. The van der Waals surface area contributed by atoms with Gasteiger partial charge in [-0.15, -0.1) is 0 Å². The van der Waals surface area contributed by atoms with Gasteiger partial charge in [-0.1, -0.05) is 6.07 Å². The lowest BCUT2D eigenvalue weighted by Gasteiger charge is -2.61. The molecule has 128 valence electrons. The van der Waals surface area contributed by atoms with Gasteiger partial charge in [0.15, 0.2) is 0 Å². The van der Waals surface area contributed by atoms with E-state index >= 15 is 0 Å². The summed E-state index contributed by atoms with van der Waals surface area (Å²) in [6.07, 6.45) is 5.93. The summed E-state index contributed by atoms with van der Waals surface area (Å²) < 4.78 is 0. The smallest absolute Gasteiger partial charge is 0.270 e. The second-order valence-corrected chi connectivity index (χ2v) is 8.22. The van der Waals surface area contributed by atoms with Crippen LogP contribution in [0.1, 0.15) is 54.7 Å². The molecule has 5 heteroatoms. The highest BCUT2D eigenvalue weighted by molar-refractivity contribution is 5.93. The van der Waals surface area contributed by atoms with Crippen molar-refractivity contribution >= 4 is 11.8 Å². The van der Waals surface area contributed by atoms with E-state index in [4.69, 9.17) is 0 Å². The van der Waals surface area contributed by atoms with Gasteiger partial charge in [0.25, 0.3) is 5.91 Å². The standard InChI is InChI=1S/C19H25N3O2/c1-12-4-3-5-15(21-12)16(23)22-19-9-13-6-14(10-19)8-18(7-13,11-19)17(24)20-2/h3-5,13-14H,6-11H2,1-2H3,(H,20,24)(H,22,23). The molecule has 4 saturated carbocycles. The van der Waals surface area contributed by atoms with Gasteiger partial charge in [0.1, 0.15) is 5.69 Å². The second-order valence-electron chi connectivity index (χ2n) is 8.22. The van der Waals surface area contributed by atoms with Crippen LogP contribution in [0.15, 0.2) is 18.2 Å². The van der Waals surface area contributed by atoms with E-state index in [0.29, 0.717) is 17.5 Å². The van der Waals surface area contributed by atoms with Crippen LogP contribution in [-0.4, -0.2) is 29.4 Å². The Kier molecular flexibility index (Phi) is 3.44. The van der Waals surface area contributed by atoms with Crippen LogP contribution in [0.5, 0.6) is 0 Å². The van der Waals surface area contributed by atoms with Gasteiger partial charge in [-0.2, -0.15) is 0 Å². The van der Waals surface area contributed by atoms with E-state index in [9.17, 15) is 9.59 Å². The molecule has 1 aromatic rings. The minimum atomic E-state index is -0.286. The molecule has 4 aliphatic rings. The fourth-order valence-electron chi connectivity index (χ4n) is 5.91. The molecule has 2 amide bonds. The molecule has 5 nitrogen and oxygen atoms in total. The number of aromatic nitrogens is 1. The predicted molar refractivity (Wildman–Crippen MR) is 90.4 cm³/mol. The second kappa shape index (κ2) is 5.30. The fourth-order valence-corrected chi connectivity index (χ4v) is 5.91. The maximum Gasteiger partial charge on any atom is 0.270 e.